The second kappa shape index (κ2) is 28.8. The molecule has 90 heavy (non-hydrogen) atoms. The molecule has 0 radical (unpaired) electrons. The molecule has 0 aliphatic heterocycles. The molecule has 12 N–H and O–H groups in total. The Morgan fingerprint density at radius 1 is 0.422 bits per heavy atom. The van der Waals surface area contributed by atoms with Gasteiger partial charge in [0.15, 0.2) is 0 Å². The maximum Gasteiger partial charge on any atom is 0.295 e. The summed E-state index contributed by atoms with van der Waals surface area (Å²) in [6.07, 6.45) is 1.26. The zero-order valence-electron chi connectivity index (χ0n) is 47.9. The average molecular weight is 1370 g/mol. The summed E-state index contributed by atoms with van der Waals surface area (Å²) >= 11 is 0. The van der Waals surface area contributed by atoms with Gasteiger partial charge in [-0.1, -0.05) is 60.7 Å². The smallest absolute Gasteiger partial charge is 0.295 e. The number of nitrogens with zero attached hydrogens (tertiary/aromatic N) is 8. The van der Waals surface area contributed by atoms with Gasteiger partial charge in [-0.25, -0.2) is 0 Å². The predicted octanol–water partition coefficient (Wildman–Crippen LogP) is 3.43. The number of benzene rings is 4. The van der Waals surface area contributed by atoms with E-state index in [1.54, 1.807) is 60.7 Å². The molecule has 6 rings (SSSR count). The van der Waals surface area contributed by atoms with Crippen molar-refractivity contribution >= 4 is 143 Å². The van der Waals surface area contributed by atoms with Gasteiger partial charge in [-0.3, -0.25) is 36.9 Å². The molecule has 0 bridgehead atoms. The van der Waals surface area contributed by atoms with E-state index in [2.05, 4.69) is 61.8 Å². The highest BCUT2D eigenvalue weighted by atomic mass is 32.2. The molecule has 2 amide bonds. The van der Waals surface area contributed by atoms with Crippen molar-refractivity contribution in [3.63, 3.8) is 0 Å². The van der Waals surface area contributed by atoms with Crippen LogP contribution >= 0.6 is 0 Å². The highest BCUT2D eigenvalue weighted by Gasteiger charge is 2.30. The van der Waals surface area contributed by atoms with Crippen LogP contribution in [0.4, 0.5) is 58.4 Å². The molecule has 0 atom stereocenters. The van der Waals surface area contributed by atoms with Gasteiger partial charge in [0.25, 0.3) is 60.7 Å². The number of amides is 2. The fourth-order valence-corrected chi connectivity index (χ4v) is 12.6. The van der Waals surface area contributed by atoms with Crippen molar-refractivity contribution in [2.45, 2.75) is 61.4 Å². The van der Waals surface area contributed by atoms with Gasteiger partial charge < -0.3 is 41.7 Å². The van der Waals surface area contributed by atoms with Gasteiger partial charge in [0.05, 0.1) is 34.1 Å². The van der Waals surface area contributed by atoms with Gasteiger partial charge in [-0.15, -0.1) is 0 Å². The van der Waals surface area contributed by atoms with E-state index in [1.165, 1.54) is 61.8 Å². The van der Waals surface area contributed by atoms with E-state index in [4.69, 9.17) is 0 Å². The van der Waals surface area contributed by atoms with Gasteiger partial charge in [0, 0.05) is 61.8 Å². The van der Waals surface area contributed by atoms with Crippen LogP contribution in [0.15, 0.2) is 107 Å². The van der Waals surface area contributed by atoms with Crippen LogP contribution in [0.2, 0.25) is 0 Å². The number of hydrogen-bond donors (Lipinski definition) is 12. The topological polar surface area (TPSA) is 516 Å². The first-order valence-corrected chi connectivity index (χ1v) is 35.4. The summed E-state index contributed by atoms with van der Waals surface area (Å²) in [7, 11) is -28.7. The van der Waals surface area contributed by atoms with Crippen molar-refractivity contribution in [2.24, 2.45) is 0 Å². The van der Waals surface area contributed by atoms with Gasteiger partial charge in [0.2, 0.25) is 47.5 Å². The summed E-state index contributed by atoms with van der Waals surface area (Å²) in [5, 5.41) is 16.3. The van der Waals surface area contributed by atoms with Gasteiger partial charge in [-0.2, -0.15) is 80.4 Å². The second-order valence-corrected chi connectivity index (χ2v) is 29.8. The standard InChI is InChI=1S/C50H62N14O20S6/c1-49(2,31-87(73,74)75)61-41(65)21-23-63(25-27-85(67,68)69)47-57-43(51-35-11-7-5-8-12-35)55-45(59-47)53-37-19-17-33(39(29-37)89(79,80)81)15-16-34-18-20-38(30-40(34)90(82,83)84)54-46-56-44(52-36-13-9-6-10-14-36)58-48(60-46)64(26-28-86(70,71)72)24-22-42(66)62-50(3,4)32-88(76,77)78/h5-20,29-30H,21-28,31-32H2,1-4H3,(H,61,65)(H,62,66)(H,67,68,69)(H,70,71,72)(H,73,74,75)(H,76,77,78)(H,79,80,81)(H,82,83,84)(H2,51,53,55,57,59)(H2,52,54,56,58,60)/b16-15+. The number of anilines is 10. The van der Waals surface area contributed by atoms with Crippen LogP contribution in [0.3, 0.4) is 0 Å². The predicted molar refractivity (Wildman–Crippen MR) is 331 cm³/mol. The lowest BCUT2D eigenvalue weighted by Crippen LogP contribution is -2.49. The number of carbonyl (C=O) groups excluding carboxylic acids is 2. The molecule has 2 aromatic heterocycles. The Kier molecular flexibility index (Phi) is 22.7. The first-order chi connectivity index (χ1) is 41.5. The van der Waals surface area contributed by atoms with E-state index >= 15 is 0 Å². The van der Waals surface area contributed by atoms with Crippen molar-refractivity contribution in [3.05, 3.63) is 108 Å². The van der Waals surface area contributed by atoms with Gasteiger partial charge >= 0.3 is 0 Å². The Morgan fingerprint density at radius 2 is 0.733 bits per heavy atom. The molecule has 0 saturated carbocycles. The Bertz CT molecular complexity index is 4070. The minimum Gasteiger partial charge on any atom is -0.350 e. The summed E-state index contributed by atoms with van der Waals surface area (Å²) in [6, 6.07) is 23.4. The molecule has 4 aromatic carbocycles. The molecule has 40 heteroatoms. The maximum absolute atomic E-state index is 13.1. The third kappa shape index (κ3) is 24.3. The van der Waals surface area contributed by atoms with Crippen LogP contribution in [0.5, 0.6) is 0 Å². The average Bonchev–Trinajstić information content (AvgIpc) is 1.08. The number of rotatable bonds is 32. The minimum absolute atomic E-state index is 0.116. The molecule has 0 saturated heterocycles. The van der Waals surface area contributed by atoms with E-state index in [1.807, 2.05) is 0 Å². The molecule has 0 fully saturated rings. The zero-order valence-corrected chi connectivity index (χ0v) is 52.8. The summed E-state index contributed by atoms with van der Waals surface area (Å²) in [5.74, 6) is -6.73. The monoisotopic (exact) mass is 1370 g/mol. The first kappa shape index (κ1) is 70.9. The Morgan fingerprint density at radius 3 is 1.02 bits per heavy atom. The number of carbonyl (C=O) groups is 2. The van der Waals surface area contributed by atoms with Crippen LogP contribution in [0, 0.1) is 0 Å². The van der Waals surface area contributed by atoms with Crippen LogP contribution in [-0.2, 0) is 70.3 Å². The van der Waals surface area contributed by atoms with Gasteiger partial charge in [0.1, 0.15) is 9.79 Å². The Labute approximate surface area is 518 Å². The SMILES string of the molecule is CC(C)(CS(=O)(=O)O)NC(=O)CCN(CCS(=O)(=O)O)c1nc(Nc2ccccc2)nc(Nc2ccc(/C=C/c3ccc(Nc4nc(Nc5ccccc5)nc(N(CCC(=O)NC(C)(C)CS(=O)(=O)O)CCS(=O)(=O)O)n4)cc3S(=O)(=O)O)c(S(=O)(=O)O)c2)n1. The lowest BCUT2D eigenvalue weighted by molar-refractivity contribution is -0.123. The minimum atomic E-state index is -5.16. The third-order valence-corrected chi connectivity index (χ3v) is 17.3. The van der Waals surface area contributed by atoms with Crippen LogP contribution in [-0.4, -0.2) is 180 Å². The molecule has 6 aromatic rings. The van der Waals surface area contributed by atoms with Crippen molar-refractivity contribution in [2.75, 3.05) is 80.3 Å². The maximum atomic E-state index is 13.1. The van der Waals surface area contributed by atoms with Crippen LogP contribution < -0.4 is 41.7 Å². The summed E-state index contributed by atoms with van der Waals surface area (Å²) in [6.45, 7) is 3.53. The molecule has 34 nitrogen and oxygen atoms in total. The molecule has 488 valence electrons. The van der Waals surface area contributed by atoms with Crippen molar-refractivity contribution in [1.29, 1.82) is 0 Å². The highest BCUT2D eigenvalue weighted by molar-refractivity contribution is 7.87. The number of nitrogens with one attached hydrogen (secondary N) is 6. The van der Waals surface area contributed by atoms with Crippen LogP contribution in [0.1, 0.15) is 51.7 Å². The molecular formula is C50H62N14O20S6. The Hall–Kier alpha value is -8.16. The highest BCUT2D eigenvalue weighted by Crippen LogP contribution is 2.30. The zero-order chi connectivity index (χ0) is 66.7. The molecular weight excluding hydrogens is 1310 g/mol. The van der Waals surface area contributed by atoms with Crippen LogP contribution in [0.25, 0.3) is 12.2 Å². The Balaban J connectivity index is 1.33. The molecule has 2 heterocycles. The van der Waals surface area contributed by atoms with Crippen molar-refractivity contribution in [3.8, 4) is 0 Å². The molecule has 0 aliphatic carbocycles. The van der Waals surface area contributed by atoms with E-state index in [0.717, 1.165) is 24.3 Å². The quantitative estimate of drug-likeness (QED) is 0.0213. The van der Waals surface area contributed by atoms with E-state index in [9.17, 15) is 87.4 Å². The number of aromatic nitrogens is 6. The molecule has 0 spiro atoms. The van der Waals surface area contributed by atoms with Crippen molar-refractivity contribution < 1.29 is 87.4 Å². The van der Waals surface area contributed by atoms with E-state index in [-0.39, 0.29) is 71.3 Å². The third-order valence-electron chi connectivity index (χ3n) is 11.9. The van der Waals surface area contributed by atoms with Gasteiger partial charge in [-0.05, 0) is 87.4 Å². The molecule has 0 aliphatic rings. The van der Waals surface area contributed by atoms with E-state index < -0.39 is 142 Å². The fraction of sp³-hybridized carbons (Fsp3) is 0.320. The summed E-state index contributed by atoms with van der Waals surface area (Å²) < 4.78 is 205. The number of hydrogen-bond acceptors (Lipinski definition) is 26. The van der Waals surface area contributed by atoms with Crippen molar-refractivity contribution in [1.82, 2.24) is 40.5 Å². The normalized spacial score (nSPS) is 12.7. The first-order valence-electron chi connectivity index (χ1n) is 26.1. The fourth-order valence-electron chi connectivity index (χ4n) is 8.33. The number of para-hydroxylation sites is 2. The summed E-state index contributed by atoms with van der Waals surface area (Å²) in [4.78, 5) is 53.0. The largest absolute Gasteiger partial charge is 0.350 e. The molecule has 0 unspecified atom stereocenters. The lowest BCUT2D eigenvalue weighted by atomic mass is 10.1. The van der Waals surface area contributed by atoms with E-state index in [0.29, 0.717) is 11.4 Å². The lowest BCUT2D eigenvalue weighted by Gasteiger charge is -2.26. The summed E-state index contributed by atoms with van der Waals surface area (Å²) in [5.41, 5.74) is -2.78. The second-order valence-electron chi connectivity index (χ2n) is 20.9.